The van der Waals surface area contributed by atoms with E-state index in [9.17, 15) is 4.79 Å². The summed E-state index contributed by atoms with van der Waals surface area (Å²) >= 11 is 9.93. The number of amides is 1. The lowest BCUT2D eigenvalue weighted by molar-refractivity contribution is 0.0944. The number of carbonyl (C=O) groups excluding carboxylic acids is 1. The molecule has 0 saturated heterocycles. The van der Waals surface area contributed by atoms with E-state index in [1.807, 2.05) is 19.1 Å². The molecule has 6 heteroatoms. The Labute approximate surface area is 131 Å². The molecule has 0 fully saturated rings. The highest BCUT2D eigenvalue weighted by Gasteiger charge is 2.14. The minimum Gasteiger partial charge on any atom is -0.349 e. The predicted octanol–water partition coefficient (Wildman–Crippen LogP) is 4.70. The van der Waals surface area contributed by atoms with E-state index in [2.05, 4.69) is 48.6 Å². The van der Waals surface area contributed by atoms with Gasteiger partial charge >= 0.3 is 0 Å². The van der Waals surface area contributed by atoms with Crippen molar-refractivity contribution in [3.63, 3.8) is 0 Å². The van der Waals surface area contributed by atoms with Crippen molar-refractivity contribution < 1.29 is 4.79 Å². The Morgan fingerprint density at radius 3 is 2.83 bits per heavy atom. The van der Waals surface area contributed by atoms with E-state index in [1.165, 1.54) is 16.2 Å². The number of rotatable bonds is 4. The van der Waals surface area contributed by atoms with Crippen LogP contribution in [0.1, 0.15) is 21.5 Å². The van der Waals surface area contributed by atoms with Gasteiger partial charge in [0.1, 0.15) is 0 Å². The van der Waals surface area contributed by atoms with Gasteiger partial charge in [0.15, 0.2) is 0 Å². The van der Waals surface area contributed by atoms with Gasteiger partial charge in [-0.25, -0.2) is 0 Å². The number of hydrogen-bond donors (Lipinski definition) is 1. The first-order chi connectivity index (χ1) is 8.56. The molecule has 2 heterocycles. The molecule has 96 valence electrons. The van der Waals surface area contributed by atoms with Crippen LogP contribution >= 0.6 is 54.5 Å². The molecule has 2 nitrogen and oxygen atoms in total. The molecule has 1 unspecified atom stereocenters. The van der Waals surface area contributed by atoms with E-state index in [4.69, 9.17) is 0 Å². The Morgan fingerprint density at radius 1 is 1.50 bits per heavy atom. The van der Waals surface area contributed by atoms with Gasteiger partial charge in [-0.2, -0.15) is 0 Å². The van der Waals surface area contributed by atoms with Crippen LogP contribution in [0.4, 0.5) is 0 Å². The Bertz CT molecular complexity index is 517. The summed E-state index contributed by atoms with van der Waals surface area (Å²) in [5.41, 5.74) is 0. The minimum absolute atomic E-state index is 0.0181. The lowest BCUT2D eigenvalue weighted by Crippen LogP contribution is -2.33. The quantitative estimate of drug-likeness (QED) is 0.780. The van der Waals surface area contributed by atoms with Crippen molar-refractivity contribution in [2.24, 2.45) is 0 Å². The number of halogens is 2. The van der Waals surface area contributed by atoms with Crippen molar-refractivity contribution in [2.75, 3.05) is 0 Å². The van der Waals surface area contributed by atoms with Gasteiger partial charge in [-0.1, -0.05) is 6.07 Å². The van der Waals surface area contributed by atoms with Crippen molar-refractivity contribution >= 4 is 60.4 Å². The second-order valence-electron chi connectivity index (χ2n) is 3.89. The summed E-state index contributed by atoms with van der Waals surface area (Å²) in [5.74, 6) is -0.0181. The van der Waals surface area contributed by atoms with Crippen molar-refractivity contribution in [1.29, 1.82) is 0 Å². The van der Waals surface area contributed by atoms with Crippen LogP contribution in [0.25, 0.3) is 0 Å². The molecule has 0 aliphatic heterocycles. The fraction of sp³-hybridized carbons (Fsp3) is 0.250. The molecule has 1 atom stereocenters. The summed E-state index contributed by atoms with van der Waals surface area (Å²) in [6.07, 6.45) is 0.872. The molecule has 0 aliphatic carbocycles. The first kappa shape index (κ1) is 14.2. The molecule has 18 heavy (non-hydrogen) atoms. The first-order valence-electron chi connectivity index (χ1n) is 5.34. The number of carbonyl (C=O) groups is 1. The van der Waals surface area contributed by atoms with E-state index < -0.39 is 0 Å². The van der Waals surface area contributed by atoms with Gasteiger partial charge in [-0.15, -0.1) is 22.7 Å². The van der Waals surface area contributed by atoms with E-state index in [1.54, 1.807) is 11.3 Å². The van der Waals surface area contributed by atoms with Crippen LogP contribution < -0.4 is 5.32 Å². The van der Waals surface area contributed by atoms with Crippen LogP contribution in [0, 0.1) is 0 Å². The van der Waals surface area contributed by atoms with E-state index >= 15 is 0 Å². The third-order valence-electron chi connectivity index (χ3n) is 2.33. The molecule has 1 N–H and O–H groups in total. The third-order valence-corrected chi connectivity index (χ3v) is 6.49. The van der Waals surface area contributed by atoms with Gasteiger partial charge in [-0.3, -0.25) is 4.79 Å². The standard InChI is InChI=1S/C12H11Br2NOS2/c1-7(5-8-3-2-4-17-8)15-12(16)10-6-9(13)11(14)18-10/h2-4,6-7H,5H2,1H3,(H,15,16). The van der Waals surface area contributed by atoms with Gasteiger partial charge in [0.2, 0.25) is 0 Å². The molecule has 0 saturated carbocycles. The maximum Gasteiger partial charge on any atom is 0.261 e. The zero-order valence-corrected chi connectivity index (χ0v) is 14.4. The lowest BCUT2D eigenvalue weighted by Gasteiger charge is -2.11. The number of hydrogen-bond acceptors (Lipinski definition) is 3. The topological polar surface area (TPSA) is 29.1 Å². The Kier molecular flexibility index (Phi) is 5.00. The van der Waals surface area contributed by atoms with Crippen LogP contribution in [0.3, 0.4) is 0 Å². The first-order valence-corrected chi connectivity index (χ1v) is 8.62. The van der Waals surface area contributed by atoms with Crippen LogP contribution in [0.2, 0.25) is 0 Å². The van der Waals surface area contributed by atoms with Gasteiger partial charge in [0.25, 0.3) is 5.91 Å². The molecule has 2 aromatic heterocycles. The van der Waals surface area contributed by atoms with Crippen molar-refractivity contribution in [1.82, 2.24) is 5.32 Å². The maximum atomic E-state index is 12.0. The molecular formula is C12H11Br2NOS2. The Balaban J connectivity index is 1.94. The summed E-state index contributed by atoms with van der Waals surface area (Å²) < 4.78 is 1.86. The average molecular weight is 409 g/mol. The van der Waals surface area contributed by atoms with Crippen LogP contribution in [0.5, 0.6) is 0 Å². The molecule has 0 bridgehead atoms. The van der Waals surface area contributed by atoms with Gasteiger partial charge in [0, 0.05) is 21.8 Å². The number of nitrogens with one attached hydrogen (secondary N) is 1. The molecule has 2 rings (SSSR count). The largest absolute Gasteiger partial charge is 0.349 e. The summed E-state index contributed by atoms with van der Waals surface area (Å²) in [7, 11) is 0. The molecular weight excluding hydrogens is 398 g/mol. The monoisotopic (exact) mass is 407 g/mol. The second kappa shape index (κ2) is 6.32. The molecule has 0 spiro atoms. The predicted molar refractivity (Wildman–Crippen MR) is 84.7 cm³/mol. The van der Waals surface area contributed by atoms with E-state index in [0.717, 1.165) is 14.7 Å². The average Bonchev–Trinajstić information content (AvgIpc) is 2.90. The molecule has 0 aliphatic rings. The smallest absolute Gasteiger partial charge is 0.261 e. The van der Waals surface area contributed by atoms with E-state index in [-0.39, 0.29) is 11.9 Å². The summed E-state index contributed by atoms with van der Waals surface area (Å²) in [6, 6.07) is 6.09. The van der Waals surface area contributed by atoms with Gasteiger partial charge in [0.05, 0.1) is 8.66 Å². The minimum atomic E-state index is -0.0181. The molecule has 1 amide bonds. The van der Waals surface area contributed by atoms with Crippen molar-refractivity contribution in [3.05, 3.63) is 41.6 Å². The normalized spacial score (nSPS) is 12.4. The van der Waals surface area contributed by atoms with E-state index in [0.29, 0.717) is 4.88 Å². The summed E-state index contributed by atoms with van der Waals surface area (Å²) in [4.78, 5) is 14.0. The zero-order valence-electron chi connectivity index (χ0n) is 9.57. The maximum absolute atomic E-state index is 12.0. The lowest BCUT2D eigenvalue weighted by atomic mass is 10.2. The van der Waals surface area contributed by atoms with Crippen LogP contribution in [0.15, 0.2) is 31.8 Å². The molecule has 0 radical (unpaired) electrons. The third kappa shape index (κ3) is 3.66. The molecule has 0 aromatic carbocycles. The highest BCUT2D eigenvalue weighted by Crippen LogP contribution is 2.32. The highest BCUT2D eigenvalue weighted by molar-refractivity contribution is 9.13. The van der Waals surface area contributed by atoms with Crippen molar-refractivity contribution in [3.8, 4) is 0 Å². The van der Waals surface area contributed by atoms with Gasteiger partial charge in [-0.05, 0) is 56.3 Å². The van der Waals surface area contributed by atoms with Gasteiger partial charge < -0.3 is 5.32 Å². The van der Waals surface area contributed by atoms with Crippen molar-refractivity contribution in [2.45, 2.75) is 19.4 Å². The van der Waals surface area contributed by atoms with Crippen LogP contribution in [-0.4, -0.2) is 11.9 Å². The second-order valence-corrected chi connectivity index (χ2v) is 8.15. The summed E-state index contributed by atoms with van der Waals surface area (Å²) in [5, 5.41) is 5.06. The Morgan fingerprint density at radius 2 is 2.28 bits per heavy atom. The van der Waals surface area contributed by atoms with Crippen LogP contribution in [-0.2, 0) is 6.42 Å². The number of thiophene rings is 2. The Hall–Kier alpha value is -0.170. The summed E-state index contributed by atoms with van der Waals surface area (Å²) in [6.45, 7) is 2.02. The highest BCUT2D eigenvalue weighted by atomic mass is 79.9. The fourth-order valence-electron chi connectivity index (χ4n) is 1.53. The molecule has 2 aromatic rings. The fourth-order valence-corrected chi connectivity index (χ4v) is 4.31. The SMILES string of the molecule is CC(Cc1cccs1)NC(=O)c1cc(Br)c(Br)s1. The zero-order chi connectivity index (χ0) is 13.1.